The van der Waals surface area contributed by atoms with Crippen LogP contribution >= 0.6 is 11.8 Å². The van der Waals surface area contributed by atoms with Gasteiger partial charge in [0.05, 0.1) is 20.3 Å². The molecule has 0 spiro atoms. The molecule has 2 aromatic carbocycles. The molecule has 3 rings (SSSR count). The topological polar surface area (TPSA) is 30.5 Å². The zero-order valence-corrected chi connectivity index (χ0v) is 17.7. The van der Waals surface area contributed by atoms with Crippen LogP contribution in [-0.4, -0.2) is 25.5 Å². The fourth-order valence-corrected chi connectivity index (χ4v) is 5.21. The molecule has 0 fully saturated rings. The zero-order valence-electron chi connectivity index (χ0n) is 16.9. The molecule has 4 heteroatoms. The second-order valence-corrected chi connectivity index (χ2v) is 8.28. The van der Waals surface area contributed by atoms with Crippen molar-refractivity contribution in [2.45, 2.75) is 56.0 Å². The van der Waals surface area contributed by atoms with Crippen LogP contribution in [0.4, 0.5) is 0 Å². The minimum Gasteiger partial charge on any atom is -0.493 e. The van der Waals surface area contributed by atoms with Gasteiger partial charge in [0.15, 0.2) is 11.5 Å². The fraction of sp³-hybridized carbons (Fsp3) is 0.478. The monoisotopic (exact) mass is 385 g/mol. The lowest BCUT2D eigenvalue weighted by atomic mass is 9.88. The van der Waals surface area contributed by atoms with E-state index in [1.165, 1.54) is 35.3 Å². The summed E-state index contributed by atoms with van der Waals surface area (Å²) < 4.78 is 11.2. The number of hydrogen-bond donors (Lipinski definition) is 1. The van der Waals surface area contributed by atoms with Crippen LogP contribution in [0.25, 0.3) is 0 Å². The molecule has 0 bridgehead atoms. The Hall–Kier alpha value is -1.65. The summed E-state index contributed by atoms with van der Waals surface area (Å²) in [6, 6.07) is 15.2. The summed E-state index contributed by atoms with van der Waals surface area (Å²) in [5.41, 5.74) is 2.69. The Balaban J connectivity index is 2.10. The Morgan fingerprint density at radius 2 is 1.78 bits per heavy atom. The van der Waals surface area contributed by atoms with Crippen LogP contribution < -0.4 is 14.8 Å². The normalized spacial score (nSPS) is 22.0. The van der Waals surface area contributed by atoms with E-state index in [0.717, 1.165) is 23.7 Å². The quantitative estimate of drug-likeness (QED) is 0.650. The summed E-state index contributed by atoms with van der Waals surface area (Å²) in [5, 5.41) is 4.06. The fourth-order valence-electron chi connectivity index (χ4n) is 3.82. The molecule has 0 saturated carbocycles. The van der Waals surface area contributed by atoms with Crippen LogP contribution in [0, 0.1) is 0 Å². The molecule has 2 unspecified atom stereocenters. The second-order valence-electron chi connectivity index (χ2n) is 7.26. The molecule has 2 atom stereocenters. The molecule has 0 aliphatic carbocycles. The van der Waals surface area contributed by atoms with E-state index in [4.69, 9.17) is 9.47 Å². The van der Waals surface area contributed by atoms with E-state index in [1.54, 1.807) is 14.2 Å². The zero-order chi connectivity index (χ0) is 19.3. The van der Waals surface area contributed by atoms with Gasteiger partial charge in [-0.05, 0) is 36.1 Å². The average Bonchev–Trinajstić information content (AvgIpc) is 2.89. The maximum Gasteiger partial charge on any atom is 0.161 e. The first-order chi connectivity index (χ1) is 13.2. The highest BCUT2D eigenvalue weighted by Gasteiger charge is 2.36. The summed E-state index contributed by atoms with van der Waals surface area (Å²) in [4.78, 5) is 1.28. The van der Waals surface area contributed by atoms with Gasteiger partial charge in [0.25, 0.3) is 0 Å². The first-order valence-electron chi connectivity index (χ1n) is 9.87. The first kappa shape index (κ1) is 20.1. The van der Waals surface area contributed by atoms with Crippen LogP contribution in [0.5, 0.6) is 11.5 Å². The van der Waals surface area contributed by atoms with Crippen LogP contribution in [-0.2, 0) is 0 Å². The number of thioether (sulfide) groups is 1. The third kappa shape index (κ3) is 4.27. The Morgan fingerprint density at radius 3 is 2.41 bits per heavy atom. The van der Waals surface area contributed by atoms with E-state index < -0.39 is 0 Å². The molecule has 2 aromatic rings. The van der Waals surface area contributed by atoms with Gasteiger partial charge in [0, 0.05) is 16.2 Å². The number of nitrogens with one attached hydrogen (secondary N) is 1. The van der Waals surface area contributed by atoms with Crippen molar-refractivity contribution in [2.75, 3.05) is 20.0 Å². The van der Waals surface area contributed by atoms with Crippen molar-refractivity contribution < 1.29 is 9.47 Å². The van der Waals surface area contributed by atoms with E-state index in [2.05, 4.69) is 61.6 Å². The molecule has 0 amide bonds. The number of ether oxygens (including phenoxy) is 2. The van der Waals surface area contributed by atoms with E-state index in [-0.39, 0.29) is 11.6 Å². The average molecular weight is 386 g/mol. The summed E-state index contributed by atoms with van der Waals surface area (Å²) in [7, 11) is 3.41. The van der Waals surface area contributed by atoms with Gasteiger partial charge in [0.1, 0.15) is 0 Å². The summed E-state index contributed by atoms with van der Waals surface area (Å²) >= 11 is 1.94. The van der Waals surface area contributed by atoms with Gasteiger partial charge in [-0.25, -0.2) is 0 Å². The number of methoxy groups -OCH3 is 2. The highest BCUT2D eigenvalue weighted by Crippen LogP contribution is 2.45. The predicted octanol–water partition coefficient (Wildman–Crippen LogP) is 5.83. The number of fused-ring (bicyclic) bond motifs is 1. The second kappa shape index (κ2) is 9.03. The van der Waals surface area contributed by atoms with Crippen molar-refractivity contribution in [3.8, 4) is 11.5 Å². The lowest BCUT2D eigenvalue weighted by molar-refractivity contribution is 0.297. The molecule has 0 saturated heterocycles. The number of benzene rings is 2. The van der Waals surface area contributed by atoms with E-state index >= 15 is 0 Å². The Labute approximate surface area is 167 Å². The summed E-state index contributed by atoms with van der Waals surface area (Å²) in [6.07, 6.45) is 4.77. The predicted molar refractivity (Wildman–Crippen MR) is 114 cm³/mol. The van der Waals surface area contributed by atoms with Gasteiger partial charge in [-0.3, -0.25) is 5.32 Å². The van der Waals surface area contributed by atoms with Crippen molar-refractivity contribution in [1.82, 2.24) is 5.32 Å². The van der Waals surface area contributed by atoms with Crippen molar-refractivity contribution in [3.63, 3.8) is 0 Å². The van der Waals surface area contributed by atoms with Crippen molar-refractivity contribution >= 4 is 11.8 Å². The number of hydrogen-bond acceptors (Lipinski definition) is 4. The molecule has 1 aliphatic heterocycles. The van der Waals surface area contributed by atoms with Gasteiger partial charge in [-0.15, -0.1) is 11.8 Å². The first-order valence-corrected chi connectivity index (χ1v) is 10.9. The Kier molecular flexibility index (Phi) is 6.72. The molecular formula is C23H31NO2S. The van der Waals surface area contributed by atoms with E-state index in [1.807, 2.05) is 11.8 Å². The molecule has 1 heterocycles. The molecule has 0 aromatic heterocycles. The van der Waals surface area contributed by atoms with E-state index in [9.17, 15) is 0 Å². The van der Waals surface area contributed by atoms with Crippen LogP contribution in [0.1, 0.15) is 56.7 Å². The van der Waals surface area contributed by atoms with Crippen molar-refractivity contribution in [1.29, 1.82) is 0 Å². The third-order valence-electron chi connectivity index (χ3n) is 5.60. The number of unbranched alkanes of at least 4 members (excludes halogenated alkanes) is 1. The minimum absolute atomic E-state index is 0.126. The smallest absolute Gasteiger partial charge is 0.161 e. The van der Waals surface area contributed by atoms with Gasteiger partial charge in [-0.1, -0.05) is 57.0 Å². The van der Waals surface area contributed by atoms with Gasteiger partial charge < -0.3 is 9.47 Å². The molecule has 0 radical (unpaired) electrons. The summed E-state index contributed by atoms with van der Waals surface area (Å²) in [6.45, 7) is 4.58. The molecular weight excluding hydrogens is 354 g/mol. The highest BCUT2D eigenvalue weighted by atomic mass is 32.2. The summed E-state index contributed by atoms with van der Waals surface area (Å²) in [5.74, 6) is 2.65. The van der Waals surface area contributed by atoms with Gasteiger partial charge in [-0.2, -0.15) is 0 Å². The highest BCUT2D eigenvalue weighted by molar-refractivity contribution is 7.99. The van der Waals surface area contributed by atoms with Crippen LogP contribution in [0.2, 0.25) is 0 Å². The van der Waals surface area contributed by atoms with E-state index in [0.29, 0.717) is 0 Å². The van der Waals surface area contributed by atoms with Crippen LogP contribution in [0.3, 0.4) is 0 Å². The SMILES string of the molecule is CCCCC1(CC)CSc2cc(OC)c(OC)cc2C(c2ccccc2)N1. The van der Waals surface area contributed by atoms with Crippen LogP contribution in [0.15, 0.2) is 47.4 Å². The Morgan fingerprint density at radius 1 is 1.07 bits per heavy atom. The molecule has 27 heavy (non-hydrogen) atoms. The molecule has 1 aliphatic rings. The van der Waals surface area contributed by atoms with Crippen molar-refractivity contribution in [2.24, 2.45) is 0 Å². The van der Waals surface area contributed by atoms with Gasteiger partial charge in [0.2, 0.25) is 0 Å². The minimum atomic E-state index is 0.126. The maximum absolute atomic E-state index is 5.61. The third-order valence-corrected chi connectivity index (χ3v) is 6.96. The Bertz CT molecular complexity index is 750. The lowest BCUT2D eigenvalue weighted by Gasteiger charge is -2.36. The molecule has 1 N–H and O–H groups in total. The molecule has 146 valence electrons. The standard InChI is InChI=1S/C23H31NO2S/c1-5-7-13-23(6-2)16-27-21-15-20(26-4)19(25-3)14-18(21)22(24-23)17-11-9-8-10-12-17/h8-12,14-15,22,24H,5-7,13,16H2,1-4H3. The number of rotatable bonds is 7. The molecule has 3 nitrogen and oxygen atoms in total. The van der Waals surface area contributed by atoms with Crippen molar-refractivity contribution in [3.05, 3.63) is 53.6 Å². The maximum atomic E-state index is 5.61. The lowest BCUT2D eigenvalue weighted by Crippen LogP contribution is -2.48. The van der Waals surface area contributed by atoms with Gasteiger partial charge >= 0.3 is 0 Å². The largest absolute Gasteiger partial charge is 0.493 e.